The molecule has 0 amide bonds. The molecule has 0 saturated carbocycles. The van der Waals surface area contributed by atoms with Crippen molar-refractivity contribution in [3.63, 3.8) is 0 Å². The molecule has 0 bridgehead atoms. The number of benzene rings is 2. The standard InChI is InChI=1S/C16H15BrN2O2/c1-10(19)13-5-4-12(8-14(13)17)21-15-6-3-11(9-18)7-16(15)20-2/h3-8,10H,19H2,1-2H3. The van der Waals surface area contributed by atoms with Crippen molar-refractivity contribution in [3.05, 3.63) is 52.0 Å². The van der Waals surface area contributed by atoms with E-state index < -0.39 is 0 Å². The van der Waals surface area contributed by atoms with Gasteiger partial charge < -0.3 is 15.2 Å². The molecule has 0 aliphatic carbocycles. The van der Waals surface area contributed by atoms with Crippen molar-refractivity contribution >= 4 is 15.9 Å². The second kappa shape index (κ2) is 6.61. The number of hydrogen-bond acceptors (Lipinski definition) is 4. The molecule has 0 heterocycles. The van der Waals surface area contributed by atoms with Gasteiger partial charge in [-0.15, -0.1) is 0 Å². The van der Waals surface area contributed by atoms with E-state index in [-0.39, 0.29) is 6.04 Å². The number of ether oxygens (including phenoxy) is 2. The van der Waals surface area contributed by atoms with Crippen molar-refractivity contribution in [2.24, 2.45) is 5.73 Å². The predicted molar refractivity (Wildman–Crippen MR) is 84.5 cm³/mol. The van der Waals surface area contributed by atoms with E-state index in [0.29, 0.717) is 22.8 Å². The van der Waals surface area contributed by atoms with E-state index in [2.05, 4.69) is 22.0 Å². The minimum absolute atomic E-state index is 0.0575. The van der Waals surface area contributed by atoms with Gasteiger partial charge >= 0.3 is 0 Å². The maximum absolute atomic E-state index is 8.89. The molecule has 2 rings (SSSR count). The van der Waals surface area contributed by atoms with Gasteiger partial charge in [0.05, 0.1) is 18.7 Å². The van der Waals surface area contributed by atoms with Crippen LogP contribution in [0.1, 0.15) is 24.1 Å². The van der Waals surface area contributed by atoms with Gasteiger partial charge in [-0.2, -0.15) is 5.26 Å². The summed E-state index contributed by atoms with van der Waals surface area (Å²) in [6.45, 7) is 1.92. The van der Waals surface area contributed by atoms with Gasteiger partial charge in [-0.1, -0.05) is 22.0 Å². The van der Waals surface area contributed by atoms with Crippen molar-refractivity contribution in [2.75, 3.05) is 7.11 Å². The highest BCUT2D eigenvalue weighted by atomic mass is 79.9. The summed E-state index contributed by atoms with van der Waals surface area (Å²) in [6.07, 6.45) is 0. The van der Waals surface area contributed by atoms with Gasteiger partial charge in [-0.25, -0.2) is 0 Å². The van der Waals surface area contributed by atoms with Gasteiger partial charge in [-0.3, -0.25) is 0 Å². The summed E-state index contributed by atoms with van der Waals surface area (Å²) < 4.78 is 11.9. The Hall–Kier alpha value is -2.03. The first kappa shape index (κ1) is 15.4. The summed E-state index contributed by atoms with van der Waals surface area (Å²) in [5.41, 5.74) is 7.40. The molecule has 0 aliphatic heterocycles. The van der Waals surface area contributed by atoms with Gasteiger partial charge in [0.1, 0.15) is 5.75 Å². The van der Waals surface area contributed by atoms with Crippen LogP contribution in [0.2, 0.25) is 0 Å². The van der Waals surface area contributed by atoms with Crippen LogP contribution >= 0.6 is 15.9 Å². The van der Waals surface area contributed by atoms with E-state index in [0.717, 1.165) is 10.0 Å². The highest BCUT2D eigenvalue weighted by molar-refractivity contribution is 9.10. The van der Waals surface area contributed by atoms with Crippen molar-refractivity contribution < 1.29 is 9.47 Å². The lowest BCUT2D eigenvalue weighted by Crippen LogP contribution is -2.05. The van der Waals surface area contributed by atoms with Crippen molar-refractivity contribution in [2.45, 2.75) is 13.0 Å². The number of halogens is 1. The van der Waals surface area contributed by atoms with Crippen LogP contribution in [0.25, 0.3) is 0 Å². The topological polar surface area (TPSA) is 68.3 Å². The van der Waals surface area contributed by atoms with Crippen LogP contribution in [0.3, 0.4) is 0 Å². The lowest BCUT2D eigenvalue weighted by Gasteiger charge is -2.13. The van der Waals surface area contributed by atoms with Crippen molar-refractivity contribution in [1.29, 1.82) is 5.26 Å². The number of nitriles is 1. The fourth-order valence-electron chi connectivity index (χ4n) is 1.89. The van der Waals surface area contributed by atoms with Gasteiger partial charge in [0, 0.05) is 16.6 Å². The number of methoxy groups -OCH3 is 1. The summed E-state index contributed by atoms with van der Waals surface area (Å²) in [7, 11) is 1.54. The monoisotopic (exact) mass is 346 g/mol. The van der Waals surface area contributed by atoms with Crippen LogP contribution in [-0.2, 0) is 0 Å². The van der Waals surface area contributed by atoms with E-state index in [1.54, 1.807) is 25.3 Å². The van der Waals surface area contributed by atoms with Crippen LogP contribution in [0.15, 0.2) is 40.9 Å². The Labute approximate surface area is 132 Å². The highest BCUT2D eigenvalue weighted by Gasteiger charge is 2.10. The van der Waals surface area contributed by atoms with Crippen LogP contribution in [0.4, 0.5) is 0 Å². The van der Waals surface area contributed by atoms with Crippen molar-refractivity contribution in [1.82, 2.24) is 0 Å². The summed E-state index contributed by atoms with van der Waals surface area (Å²) in [5.74, 6) is 1.73. The number of nitrogens with two attached hydrogens (primary N) is 1. The first-order chi connectivity index (χ1) is 10.0. The summed E-state index contributed by atoms with van der Waals surface area (Å²) in [4.78, 5) is 0. The van der Waals surface area contributed by atoms with E-state index >= 15 is 0 Å². The van der Waals surface area contributed by atoms with Gasteiger partial charge in [-0.05, 0) is 36.8 Å². The van der Waals surface area contributed by atoms with Crippen molar-refractivity contribution in [3.8, 4) is 23.3 Å². The molecule has 0 radical (unpaired) electrons. The molecular weight excluding hydrogens is 332 g/mol. The van der Waals surface area contributed by atoms with Crippen LogP contribution in [0.5, 0.6) is 17.2 Å². The fourth-order valence-corrected chi connectivity index (χ4v) is 2.61. The van der Waals surface area contributed by atoms with E-state index in [9.17, 15) is 0 Å². The lowest BCUT2D eigenvalue weighted by molar-refractivity contribution is 0.378. The molecule has 4 nitrogen and oxygen atoms in total. The Balaban J connectivity index is 2.30. The Morgan fingerprint density at radius 2 is 1.95 bits per heavy atom. The maximum atomic E-state index is 8.89. The first-order valence-electron chi connectivity index (χ1n) is 6.36. The molecule has 1 unspecified atom stereocenters. The Morgan fingerprint density at radius 3 is 2.52 bits per heavy atom. The molecule has 108 valence electrons. The molecule has 0 fully saturated rings. The average molecular weight is 347 g/mol. The van der Waals surface area contributed by atoms with Crippen LogP contribution in [0, 0.1) is 11.3 Å². The summed E-state index contributed by atoms with van der Waals surface area (Å²) in [5, 5.41) is 8.89. The molecule has 2 N–H and O–H groups in total. The average Bonchev–Trinajstić information content (AvgIpc) is 2.47. The van der Waals surface area contributed by atoms with Crippen LogP contribution in [-0.4, -0.2) is 7.11 Å². The number of hydrogen-bond donors (Lipinski definition) is 1. The van der Waals surface area contributed by atoms with Crippen LogP contribution < -0.4 is 15.2 Å². The molecular formula is C16H15BrN2O2. The Morgan fingerprint density at radius 1 is 1.19 bits per heavy atom. The largest absolute Gasteiger partial charge is 0.493 e. The third-order valence-electron chi connectivity index (χ3n) is 2.98. The molecule has 0 spiro atoms. The zero-order chi connectivity index (χ0) is 15.4. The fraction of sp³-hybridized carbons (Fsp3) is 0.188. The van der Waals surface area contributed by atoms with E-state index in [4.69, 9.17) is 20.5 Å². The quantitative estimate of drug-likeness (QED) is 0.902. The molecule has 0 aliphatic rings. The Bertz CT molecular complexity index is 693. The second-order valence-electron chi connectivity index (χ2n) is 4.55. The first-order valence-corrected chi connectivity index (χ1v) is 7.15. The zero-order valence-electron chi connectivity index (χ0n) is 11.8. The molecule has 0 aromatic heterocycles. The molecule has 21 heavy (non-hydrogen) atoms. The van der Waals surface area contributed by atoms with Gasteiger partial charge in [0.2, 0.25) is 0 Å². The lowest BCUT2D eigenvalue weighted by atomic mass is 10.1. The minimum atomic E-state index is -0.0575. The molecule has 2 aromatic rings. The summed E-state index contributed by atoms with van der Waals surface area (Å²) in [6, 6.07) is 12.7. The zero-order valence-corrected chi connectivity index (χ0v) is 13.3. The summed E-state index contributed by atoms with van der Waals surface area (Å²) >= 11 is 3.49. The molecule has 5 heteroatoms. The third-order valence-corrected chi connectivity index (χ3v) is 3.67. The number of rotatable bonds is 4. The second-order valence-corrected chi connectivity index (χ2v) is 5.41. The highest BCUT2D eigenvalue weighted by Crippen LogP contribution is 2.34. The normalized spacial score (nSPS) is 11.6. The number of nitrogens with zero attached hydrogens (tertiary/aromatic N) is 1. The maximum Gasteiger partial charge on any atom is 0.169 e. The smallest absolute Gasteiger partial charge is 0.169 e. The van der Waals surface area contributed by atoms with E-state index in [1.165, 1.54) is 0 Å². The SMILES string of the molecule is COc1cc(C#N)ccc1Oc1ccc(C(C)N)c(Br)c1. The minimum Gasteiger partial charge on any atom is -0.493 e. The van der Waals surface area contributed by atoms with Gasteiger partial charge in [0.15, 0.2) is 11.5 Å². The molecule has 0 saturated heterocycles. The van der Waals surface area contributed by atoms with E-state index in [1.807, 2.05) is 25.1 Å². The third kappa shape index (κ3) is 3.54. The molecule has 1 atom stereocenters. The predicted octanol–water partition coefficient (Wildman–Crippen LogP) is 4.14. The Kier molecular flexibility index (Phi) is 4.84. The molecule has 2 aromatic carbocycles. The van der Waals surface area contributed by atoms with Gasteiger partial charge in [0.25, 0.3) is 0 Å².